The van der Waals surface area contributed by atoms with Gasteiger partial charge in [-0.1, -0.05) is 19.3 Å². The topological polar surface area (TPSA) is 108 Å². The van der Waals surface area contributed by atoms with Crippen LogP contribution in [-0.2, 0) is 9.59 Å². The summed E-state index contributed by atoms with van der Waals surface area (Å²) in [5.74, 6) is -1.05. The number of aliphatic carboxylic acids is 1. The third-order valence-electron chi connectivity index (χ3n) is 3.46. The fourth-order valence-corrected chi connectivity index (χ4v) is 2.56. The van der Waals surface area contributed by atoms with Crippen molar-refractivity contribution in [3.05, 3.63) is 0 Å². The van der Waals surface area contributed by atoms with E-state index >= 15 is 0 Å². The van der Waals surface area contributed by atoms with Crippen LogP contribution in [0.5, 0.6) is 0 Å². The van der Waals surface area contributed by atoms with E-state index in [0.29, 0.717) is 25.9 Å². The first-order chi connectivity index (χ1) is 9.43. The van der Waals surface area contributed by atoms with Crippen LogP contribution < -0.4 is 16.0 Å². The largest absolute Gasteiger partial charge is 0.481 e. The molecular formula is C13H23N3O4. The number of amides is 3. The van der Waals surface area contributed by atoms with Crippen LogP contribution in [0.4, 0.5) is 4.79 Å². The van der Waals surface area contributed by atoms with Crippen molar-refractivity contribution in [2.24, 2.45) is 0 Å². The number of carboxylic acid groups (broad SMARTS) is 1. The summed E-state index contributed by atoms with van der Waals surface area (Å²) in [5.41, 5.74) is -0.637. The molecule has 0 saturated heterocycles. The van der Waals surface area contributed by atoms with E-state index in [4.69, 9.17) is 5.11 Å². The van der Waals surface area contributed by atoms with E-state index in [0.717, 1.165) is 19.3 Å². The van der Waals surface area contributed by atoms with Crippen LogP contribution in [0.2, 0.25) is 0 Å². The Hall–Kier alpha value is -1.79. The fraction of sp³-hybridized carbons (Fsp3) is 0.769. The maximum atomic E-state index is 11.8. The standard InChI is InChI=1S/C13H23N3O4/c1-10(17)14-7-8-15-12(20)16-13(9-11(18)19)5-3-2-4-6-13/h2-9H2,1H3,(H,14,17)(H,18,19)(H2,15,16,20). The van der Waals surface area contributed by atoms with Gasteiger partial charge in [0, 0.05) is 20.0 Å². The number of nitrogens with one attached hydrogen (secondary N) is 3. The molecule has 1 aliphatic carbocycles. The first-order valence-corrected chi connectivity index (χ1v) is 6.96. The average molecular weight is 285 g/mol. The lowest BCUT2D eigenvalue weighted by atomic mass is 9.79. The van der Waals surface area contributed by atoms with Crippen molar-refractivity contribution in [3.63, 3.8) is 0 Å². The molecule has 7 heteroatoms. The normalized spacial score (nSPS) is 17.1. The van der Waals surface area contributed by atoms with Crippen molar-refractivity contribution in [1.29, 1.82) is 0 Å². The lowest BCUT2D eigenvalue weighted by molar-refractivity contribution is -0.139. The average Bonchev–Trinajstić information content (AvgIpc) is 2.34. The first kappa shape index (κ1) is 16.3. The maximum absolute atomic E-state index is 11.8. The van der Waals surface area contributed by atoms with Gasteiger partial charge in [0.25, 0.3) is 0 Å². The summed E-state index contributed by atoms with van der Waals surface area (Å²) < 4.78 is 0. The quantitative estimate of drug-likeness (QED) is 0.536. The number of carbonyl (C=O) groups excluding carboxylic acids is 2. The molecule has 0 aromatic carbocycles. The molecular weight excluding hydrogens is 262 g/mol. The Balaban J connectivity index is 2.41. The van der Waals surface area contributed by atoms with Crippen LogP contribution in [0.1, 0.15) is 45.4 Å². The van der Waals surface area contributed by atoms with Crippen LogP contribution in [0.3, 0.4) is 0 Å². The molecule has 0 aromatic heterocycles. The van der Waals surface area contributed by atoms with Crippen molar-refractivity contribution in [3.8, 4) is 0 Å². The molecule has 0 heterocycles. The molecule has 3 amide bonds. The Kier molecular flexibility index (Phi) is 6.27. The Morgan fingerprint density at radius 1 is 1.05 bits per heavy atom. The number of hydrogen-bond donors (Lipinski definition) is 4. The van der Waals surface area contributed by atoms with Gasteiger partial charge in [-0.15, -0.1) is 0 Å². The van der Waals surface area contributed by atoms with Gasteiger partial charge in [-0.2, -0.15) is 0 Å². The zero-order valence-corrected chi connectivity index (χ0v) is 11.8. The molecule has 20 heavy (non-hydrogen) atoms. The van der Waals surface area contributed by atoms with Crippen LogP contribution in [0.25, 0.3) is 0 Å². The highest BCUT2D eigenvalue weighted by Crippen LogP contribution is 2.31. The second-order valence-corrected chi connectivity index (χ2v) is 5.28. The van der Waals surface area contributed by atoms with E-state index in [1.165, 1.54) is 6.92 Å². The van der Waals surface area contributed by atoms with Gasteiger partial charge in [0.05, 0.1) is 12.0 Å². The van der Waals surface area contributed by atoms with Gasteiger partial charge in [-0.25, -0.2) is 4.79 Å². The second-order valence-electron chi connectivity index (χ2n) is 5.28. The van der Waals surface area contributed by atoms with E-state index in [1.807, 2.05) is 0 Å². The van der Waals surface area contributed by atoms with E-state index in [1.54, 1.807) is 0 Å². The highest BCUT2D eigenvalue weighted by molar-refractivity contribution is 5.77. The molecule has 114 valence electrons. The van der Waals surface area contributed by atoms with Gasteiger partial charge in [-0.05, 0) is 12.8 Å². The summed E-state index contributed by atoms with van der Waals surface area (Å²) in [5, 5.41) is 17.0. The summed E-state index contributed by atoms with van der Waals surface area (Å²) in [6.45, 7) is 2.08. The number of hydrogen-bond acceptors (Lipinski definition) is 3. The van der Waals surface area contributed by atoms with Crippen molar-refractivity contribution >= 4 is 17.9 Å². The molecule has 7 nitrogen and oxygen atoms in total. The number of carbonyl (C=O) groups is 3. The van der Waals surface area contributed by atoms with E-state index in [2.05, 4.69) is 16.0 Å². The number of rotatable bonds is 6. The molecule has 0 aliphatic heterocycles. The molecule has 1 fully saturated rings. The minimum absolute atomic E-state index is 0.0495. The molecule has 0 spiro atoms. The molecule has 1 saturated carbocycles. The van der Waals surface area contributed by atoms with Crippen LogP contribution in [0, 0.1) is 0 Å². The Bertz CT molecular complexity index is 365. The summed E-state index contributed by atoms with van der Waals surface area (Å²) in [7, 11) is 0. The van der Waals surface area contributed by atoms with Gasteiger partial charge < -0.3 is 21.1 Å². The molecule has 0 aromatic rings. The molecule has 0 atom stereocenters. The smallest absolute Gasteiger partial charge is 0.315 e. The van der Waals surface area contributed by atoms with Crippen molar-refractivity contribution in [2.75, 3.05) is 13.1 Å². The third-order valence-corrected chi connectivity index (χ3v) is 3.46. The third kappa shape index (κ3) is 5.90. The van der Waals surface area contributed by atoms with Gasteiger partial charge >= 0.3 is 12.0 Å². The molecule has 4 N–H and O–H groups in total. The number of urea groups is 1. The van der Waals surface area contributed by atoms with E-state index in [9.17, 15) is 14.4 Å². The maximum Gasteiger partial charge on any atom is 0.315 e. The lowest BCUT2D eigenvalue weighted by Crippen LogP contribution is -2.54. The molecule has 1 rings (SSSR count). The van der Waals surface area contributed by atoms with Gasteiger partial charge in [-0.3, -0.25) is 9.59 Å². The zero-order chi connectivity index (χ0) is 15.0. The van der Waals surface area contributed by atoms with Crippen molar-refractivity contribution < 1.29 is 19.5 Å². The monoisotopic (exact) mass is 285 g/mol. The zero-order valence-electron chi connectivity index (χ0n) is 11.8. The minimum atomic E-state index is -0.898. The van der Waals surface area contributed by atoms with Crippen molar-refractivity contribution in [1.82, 2.24) is 16.0 Å². The van der Waals surface area contributed by atoms with Gasteiger partial charge in [0.2, 0.25) is 5.91 Å². The Morgan fingerprint density at radius 3 is 2.20 bits per heavy atom. The summed E-state index contributed by atoms with van der Waals surface area (Å²) in [4.78, 5) is 33.5. The lowest BCUT2D eigenvalue weighted by Gasteiger charge is -2.36. The summed E-state index contributed by atoms with van der Waals surface area (Å²) in [6.07, 6.45) is 4.27. The van der Waals surface area contributed by atoms with Gasteiger partial charge in [0.15, 0.2) is 0 Å². The molecule has 1 aliphatic rings. The van der Waals surface area contributed by atoms with Gasteiger partial charge in [0.1, 0.15) is 0 Å². The highest BCUT2D eigenvalue weighted by Gasteiger charge is 2.35. The predicted molar refractivity (Wildman–Crippen MR) is 73.3 cm³/mol. The highest BCUT2D eigenvalue weighted by atomic mass is 16.4. The summed E-state index contributed by atoms with van der Waals surface area (Å²) >= 11 is 0. The van der Waals surface area contributed by atoms with E-state index < -0.39 is 11.5 Å². The van der Waals surface area contributed by atoms with Crippen LogP contribution in [0.15, 0.2) is 0 Å². The number of carboxylic acids is 1. The van der Waals surface area contributed by atoms with Crippen LogP contribution >= 0.6 is 0 Å². The first-order valence-electron chi connectivity index (χ1n) is 6.96. The molecule has 0 radical (unpaired) electrons. The predicted octanol–water partition coefficient (Wildman–Crippen LogP) is 0.599. The molecule has 0 unspecified atom stereocenters. The van der Waals surface area contributed by atoms with Crippen LogP contribution in [-0.4, -0.2) is 41.6 Å². The minimum Gasteiger partial charge on any atom is -0.481 e. The van der Waals surface area contributed by atoms with E-state index in [-0.39, 0.29) is 18.4 Å². The Labute approximate surface area is 118 Å². The molecule has 0 bridgehead atoms. The second kappa shape index (κ2) is 7.72. The SMILES string of the molecule is CC(=O)NCCNC(=O)NC1(CC(=O)O)CCCCC1. The van der Waals surface area contributed by atoms with Crippen molar-refractivity contribution in [2.45, 2.75) is 51.0 Å². The Morgan fingerprint density at radius 2 is 1.65 bits per heavy atom. The fourth-order valence-electron chi connectivity index (χ4n) is 2.56. The summed E-state index contributed by atoms with van der Waals surface area (Å²) in [6, 6.07) is -0.376.